The number of rotatable bonds is 2. The quantitative estimate of drug-likeness (QED) is 0.776. The molecule has 0 aromatic heterocycles. The van der Waals surface area contributed by atoms with Crippen molar-refractivity contribution < 1.29 is 28.9 Å². The van der Waals surface area contributed by atoms with Gasteiger partial charge in [-0.1, -0.05) is 0 Å². The van der Waals surface area contributed by atoms with Crippen molar-refractivity contribution in [3.8, 4) is 11.5 Å². The van der Waals surface area contributed by atoms with Gasteiger partial charge in [0.05, 0.1) is 0 Å². The van der Waals surface area contributed by atoms with Gasteiger partial charge in [-0.05, 0) is 0 Å². The Morgan fingerprint density at radius 2 is 1.50 bits per heavy atom. The van der Waals surface area contributed by atoms with Crippen molar-refractivity contribution in [1.82, 2.24) is 0 Å². The summed E-state index contributed by atoms with van der Waals surface area (Å²) in [5.41, 5.74) is 1.33. The van der Waals surface area contributed by atoms with Crippen LogP contribution in [0.3, 0.4) is 0 Å². The molecule has 0 aliphatic rings. The van der Waals surface area contributed by atoms with E-state index in [1.807, 2.05) is 18.2 Å². The van der Waals surface area contributed by atoms with Gasteiger partial charge in [0, 0.05) is 0 Å². The number of benzene rings is 1. The van der Waals surface area contributed by atoms with Crippen molar-refractivity contribution >= 4 is 24.8 Å². The van der Waals surface area contributed by atoms with Crippen LogP contribution in [0.1, 0.15) is 26.3 Å². The molecular formula is C11H17Cl2O2Ti. The second kappa shape index (κ2) is 7.44. The minimum Gasteiger partial charge on any atom is -0.147 e. The zero-order chi connectivity index (χ0) is 10.8. The van der Waals surface area contributed by atoms with Crippen LogP contribution in [0, 0.1) is 0 Å². The molecule has 1 aromatic carbocycles. The fourth-order valence-electron chi connectivity index (χ4n) is 1.18. The Morgan fingerprint density at radius 3 is 1.88 bits per heavy atom. The van der Waals surface area contributed by atoms with E-state index in [4.69, 9.17) is 8.06 Å². The van der Waals surface area contributed by atoms with Gasteiger partial charge in [-0.25, -0.2) is 0 Å². The Balaban J connectivity index is 0. The molecule has 1 rings (SSSR count). The first-order valence-corrected chi connectivity index (χ1v) is 5.14. The molecule has 0 saturated heterocycles. The SMILES string of the molecule is COc1cc([O][Ti])cc(C(C)(C)C)c1.Cl.Cl. The smallest absolute Gasteiger partial charge is 0.147 e. The summed E-state index contributed by atoms with van der Waals surface area (Å²) >= 11 is 1.67. The molecule has 91 valence electrons. The third-order valence-electron chi connectivity index (χ3n) is 2.10. The molecule has 0 radical (unpaired) electrons. The number of methoxy groups -OCH3 is 1. The van der Waals surface area contributed by atoms with E-state index in [1.54, 1.807) is 27.9 Å². The molecule has 0 amide bonds. The summed E-state index contributed by atoms with van der Waals surface area (Å²) in [7, 11) is 1.67. The molecule has 0 spiro atoms. The van der Waals surface area contributed by atoms with Gasteiger partial charge >= 0.3 is 97.4 Å². The van der Waals surface area contributed by atoms with Crippen LogP contribution in [-0.4, -0.2) is 7.11 Å². The number of ether oxygens (including phenoxy) is 1. The largest absolute Gasteiger partial charge is 0.147 e. The summed E-state index contributed by atoms with van der Waals surface area (Å²) < 4.78 is 10.4. The molecule has 0 aliphatic heterocycles. The van der Waals surface area contributed by atoms with E-state index in [9.17, 15) is 0 Å². The molecule has 0 bridgehead atoms. The van der Waals surface area contributed by atoms with Crippen LogP contribution >= 0.6 is 24.8 Å². The Bertz CT molecular complexity index is 302. The Kier molecular flexibility index (Phi) is 8.59. The van der Waals surface area contributed by atoms with Crippen molar-refractivity contribution in [2.45, 2.75) is 26.2 Å². The first-order chi connectivity index (χ1) is 6.47. The van der Waals surface area contributed by atoms with E-state index >= 15 is 0 Å². The summed E-state index contributed by atoms with van der Waals surface area (Å²) in [6, 6.07) is 5.97. The molecule has 16 heavy (non-hydrogen) atoms. The van der Waals surface area contributed by atoms with Crippen LogP contribution < -0.4 is 8.06 Å². The second-order valence-electron chi connectivity index (χ2n) is 4.25. The standard InChI is InChI=1S/C11H16O2.2ClH.Ti/c1-11(2,3)8-5-9(12)7-10(6-8)13-4;;;/h5-7,12H,1-4H3;2*1H;/q;;;+1/p-1. The zero-order valence-electron chi connectivity index (χ0n) is 9.87. The van der Waals surface area contributed by atoms with E-state index in [-0.39, 0.29) is 30.2 Å². The number of halogens is 2. The van der Waals surface area contributed by atoms with E-state index in [0.29, 0.717) is 0 Å². The minimum atomic E-state index is 0. The third-order valence-corrected chi connectivity index (χ3v) is 2.47. The maximum atomic E-state index is 5.21. The first-order valence-electron chi connectivity index (χ1n) is 4.50. The second-order valence-corrected chi connectivity index (χ2v) is 4.57. The first kappa shape index (κ1) is 18.5. The van der Waals surface area contributed by atoms with Crippen molar-refractivity contribution in [2.75, 3.05) is 7.11 Å². The van der Waals surface area contributed by atoms with Crippen LogP contribution in [0.4, 0.5) is 0 Å². The average molecular weight is 300 g/mol. The number of hydrogen-bond donors (Lipinski definition) is 0. The van der Waals surface area contributed by atoms with Gasteiger partial charge in [0.15, 0.2) is 0 Å². The zero-order valence-corrected chi connectivity index (χ0v) is 13.1. The van der Waals surface area contributed by atoms with Gasteiger partial charge in [-0.3, -0.25) is 0 Å². The molecule has 5 heteroatoms. The van der Waals surface area contributed by atoms with Crippen molar-refractivity contribution in [2.24, 2.45) is 0 Å². The van der Waals surface area contributed by atoms with Crippen molar-refractivity contribution in [3.63, 3.8) is 0 Å². The molecule has 2 nitrogen and oxygen atoms in total. The fourth-order valence-corrected chi connectivity index (χ4v) is 1.37. The monoisotopic (exact) mass is 299 g/mol. The molecule has 0 aliphatic carbocycles. The molecule has 0 saturated carbocycles. The normalized spacial score (nSPS) is 9.69. The Labute approximate surface area is 122 Å². The Hall–Kier alpha value is 0.114. The van der Waals surface area contributed by atoms with Crippen LogP contribution in [0.25, 0.3) is 0 Å². The summed E-state index contributed by atoms with van der Waals surface area (Å²) in [5, 5.41) is 0. The van der Waals surface area contributed by atoms with Gasteiger partial charge in [-0.2, -0.15) is 0 Å². The molecule has 0 atom stereocenters. The van der Waals surface area contributed by atoms with Crippen molar-refractivity contribution in [1.29, 1.82) is 0 Å². The summed E-state index contributed by atoms with van der Waals surface area (Å²) in [4.78, 5) is 0. The fraction of sp³-hybridized carbons (Fsp3) is 0.455. The summed E-state index contributed by atoms with van der Waals surface area (Å²) in [5.74, 6) is 1.68. The predicted octanol–water partition coefficient (Wildman–Crippen LogP) is 3.68. The topological polar surface area (TPSA) is 18.5 Å². The van der Waals surface area contributed by atoms with Gasteiger partial charge in [0.2, 0.25) is 0 Å². The van der Waals surface area contributed by atoms with Crippen LogP contribution in [-0.2, 0) is 26.2 Å². The molecule has 0 N–H and O–H groups in total. The van der Waals surface area contributed by atoms with Gasteiger partial charge in [0.25, 0.3) is 0 Å². The van der Waals surface area contributed by atoms with E-state index in [1.165, 1.54) is 5.56 Å². The third kappa shape index (κ3) is 4.96. The molecule has 0 unspecified atom stereocenters. The van der Waals surface area contributed by atoms with E-state index in [2.05, 4.69) is 20.8 Å². The maximum Gasteiger partial charge on any atom is -0.147 e. The van der Waals surface area contributed by atoms with Crippen LogP contribution in [0.2, 0.25) is 0 Å². The summed E-state index contributed by atoms with van der Waals surface area (Å²) in [6.45, 7) is 6.50. The molecule has 1 aromatic rings. The van der Waals surface area contributed by atoms with Gasteiger partial charge in [-0.15, -0.1) is 24.8 Å². The molecule has 0 fully saturated rings. The van der Waals surface area contributed by atoms with E-state index in [0.717, 1.165) is 11.5 Å². The van der Waals surface area contributed by atoms with Crippen LogP contribution in [0.15, 0.2) is 18.2 Å². The van der Waals surface area contributed by atoms with Gasteiger partial charge < -0.3 is 0 Å². The molecular weight excluding hydrogens is 283 g/mol. The maximum absolute atomic E-state index is 5.21. The van der Waals surface area contributed by atoms with E-state index < -0.39 is 0 Å². The van der Waals surface area contributed by atoms with Crippen LogP contribution in [0.5, 0.6) is 11.5 Å². The summed E-state index contributed by atoms with van der Waals surface area (Å²) in [6.07, 6.45) is 0. The van der Waals surface area contributed by atoms with Gasteiger partial charge in [0.1, 0.15) is 0 Å². The Morgan fingerprint density at radius 1 is 1.00 bits per heavy atom. The minimum absolute atomic E-state index is 0. The average Bonchev–Trinajstić information content (AvgIpc) is 2.15. The molecule has 0 heterocycles. The number of hydrogen-bond acceptors (Lipinski definition) is 2. The van der Waals surface area contributed by atoms with Crippen molar-refractivity contribution in [3.05, 3.63) is 23.8 Å². The predicted molar refractivity (Wildman–Crippen MR) is 66.8 cm³/mol.